The maximum atomic E-state index is 12.0. The highest BCUT2D eigenvalue weighted by Gasteiger charge is 2.20. The van der Waals surface area contributed by atoms with E-state index in [4.69, 9.17) is 5.11 Å². The summed E-state index contributed by atoms with van der Waals surface area (Å²) in [5.41, 5.74) is 0.420. The van der Waals surface area contributed by atoms with Gasteiger partial charge in [0.25, 0.3) is 10.0 Å². The molecule has 100 valence electrons. The molecule has 8 heteroatoms. The van der Waals surface area contributed by atoms with Crippen molar-refractivity contribution in [2.45, 2.75) is 11.8 Å². The van der Waals surface area contributed by atoms with E-state index >= 15 is 0 Å². The standard InChI is InChI=1S/C11H11N3O4S/c1-7-3-2-4-9(10(7)11(15)16)14-19(17,18)8-5-12-13-6-8/h2-6,14H,1H3,(H,12,13)(H,15,16). The number of carboxylic acid groups (broad SMARTS) is 1. The fourth-order valence-electron chi connectivity index (χ4n) is 1.63. The van der Waals surface area contributed by atoms with Gasteiger partial charge in [0.1, 0.15) is 4.90 Å². The van der Waals surface area contributed by atoms with Crippen molar-refractivity contribution in [3.05, 3.63) is 41.7 Å². The number of aromatic carboxylic acids is 1. The summed E-state index contributed by atoms with van der Waals surface area (Å²) in [6, 6.07) is 4.57. The summed E-state index contributed by atoms with van der Waals surface area (Å²) in [4.78, 5) is 11.1. The van der Waals surface area contributed by atoms with Crippen LogP contribution in [0.25, 0.3) is 0 Å². The molecule has 2 aromatic rings. The van der Waals surface area contributed by atoms with E-state index in [0.717, 1.165) is 6.20 Å². The summed E-state index contributed by atoms with van der Waals surface area (Å²) < 4.78 is 26.2. The Balaban J connectivity index is 2.45. The second kappa shape index (κ2) is 4.73. The topological polar surface area (TPSA) is 112 Å². The molecular weight excluding hydrogens is 270 g/mol. The van der Waals surface area contributed by atoms with Crippen molar-refractivity contribution in [3.63, 3.8) is 0 Å². The first kappa shape index (κ1) is 13.1. The van der Waals surface area contributed by atoms with Gasteiger partial charge >= 0.3 is 5.97 Å². The van der Waals surface area contributed by atoms with Crippen molar-refractivity contribution in [1.82, 2.24) is 10.2 Å². The summed E-state index contributed by atoms with van der Waals surface area (Å²) in [6.07, 6.45) is 2.34. The number of nitrogens with one attached hydrogen (secondary N) is 2. The molecule has 0 aliphatic rings. The Labute approximate surface area is 109 Å². The lowest BCUT2D eigenvalue weighted by atomic mass is 10.1. The molecule has 1 aromatic heterocycles. The Hall–Kier alpha value is -2.35. The molecule has 1 aromatic carbocycles. The predicted octanol–water partition coefficient (Wildman–Crippen LogP) is 1.22. The SMILES string of the molecule is Cc1cccc(NS(=O)(=O)c2cn[nH]c2)c1C(=O)O. The maximum Gasteiger partial charge on any atom is 0.338 e. The zero-order valence-corrected chi connectivity index (χ0v) is 10.7. The molecular formula is C11H11N3O4S. The molecule has 0 radical (unpaired) electrons. The number of rotatable bonds is 4. The average molecular weight is 281 g/mol. The van der Waals surface area contributed by atoms with Gasteiger partial charge in [0.15, 0.2) is 0 Å². The Bertz CT molecular complexity index is 708. The van der Waals surface area contributed by atoms with E-state index in [1.165, 1.54) is 12.3 Å². The lowest BCUT2D eigenvalue weighted by molar-refractivity contribution is 0.0697. The smallest absolute Gasteiger partial charge is 0.338 e. The fraction of sp³-hybridized carbons (Fsp3) is 0.0909. The number of anilines is 1. The lowest BCUT2D eigenvalue weighted by Crippen LogP contribution is -2.15. The van der Waals surface area contributed by atoms with E-state index in [0.29, 0.717) is 5.56 Å². The van der Waals surface area contributed by atoms with Crippen LogP contribution in [0.5, 0.6) is 0 Å². The largest absolute Gasteiger partial charge is 0.478 e. The van der Waals surface area contributed by atoms with Gasteiger partial charge in [-0.15, -0.1) is 0 Å². The Kier molecular flexibility index (Phi) is 3.26. The van der Waals surface area contributed by atoms with E-state index < -0.39 is 16.0 Å². The van der Waals surface area contributed by atoms with Gasteiger partial charge in [-0.1, -0.05) is 12.1 Å². The molecule has 0 atom stereocenters. The van der Waals surface area contributed by atoms with Gasteiger partial charge in [-0.25, -0.2) is 13.2 Å². The van der Waals surface area contributed by atoms with Crippen LogP contribution in [-0.4, -0.2) is 29.7 Å². The van der Waals surface area contributed by atoms with E-state index in [1.54, 1.807) is 19.1 Å². The van der Waals surface area contributed by atoms with Crippen LogP contribution in [0, 0.1) is 6.92 Å². The number of sulfonamides is 1. The summed E-state index contributed by atoms with van der Waals surface area (Å²) in [6.45, 7) is 1.60. The van der Waals surface area contributed by atoms with Gasteiger partial charge < -0.3 is 5.11 Å². The van der Waals surface area contributed by atoms with Gasteiger partial charge in [0.2, 0.25) is 0 Å². The van der Waals surface area contributed by atoms with Crippen LogP contribution < -0.4 is 4.72 Å². The first-order chi connectivity index (χ1) is 8.92. The number of H-pyrrole nitrogens is 1. The summed E-state index contributed by atoms with van der Waals surface area (Å²) >= 11 is 0. The van der Waals surface area contributed by atoms with E-state index in [1.807, 2.05) is 0 Å². The van der Waals surface area contributed by atoms with Crippen molar-refractivity contribution in [2.75, 3.05) is 4.72 Å². The van der Waals surface area contributed by atoms with Gasteiger partial charge in [-0.2, -0.15) is 5.10 Å². The van der Waals surface area contributed by atoms with Crippen LogP contribution in [0.4, 0.5) is 5.69 Å². The highest BCUT2D eigenvalue weighted by Crippen LogP contribution is 2.22. The molecule has 0 aliphatic heterocycles. The first-order valence-electron chi connectivity index (χ1n) is 5.26. The first-order valence-corrected chi connectivity index (χ1v) is 6.74. The third-order valence-corrected chi connectivity index (χ3v) is 3.85. The highest BCUT2D eigenvalue weighted by molar-refractivity contribution is 7.92. The third-order valence-electron chi connectivity index (χ3n) is 2.51. The monoisotopic (exact) mass is 281 g/mol. The molecule has 2 rings (SSSR count). The van der Waals surface area contributed by atoms with E-state index in [9.17, 15) is 13.2 Å². The molecule has 0 saturated heterocycles. The van der Waals surface area contributed by atoms with Gasteiger partial charge in [-0.05, 0) is 18.6 Å². The van der Waals surface area contributed by atoms with E-state index in [-0.39, 0.29) is 16.1 Å². The number of aromatic nitrogens is 2. The van der Waals surface area contributed by atoms with Crippen LogP contribution in [0.1, 0.15) is 15.9 Å². The molecule has 1 heterocycles. The quantitative estimate of drug-likeness (QED) is 0.780. The molecule has 19 heavy (non-hydrogen) atoms. The minimum absolute atomic E-state index is 0.0219. The van der Waals surface area contributed by atoms with Gasteiger partial charge in [0, 0.05) is 6.20 Å². The molecule has 0 fully saturated rings. The summed E-state index contributed by atoms with van der Waals surface area (Å²) in [7, 11) is -3.85. The maximum absolute atomic E-state index is 12.0. The van der Waals surface area contributed by atoms with E-state index in [2.05, 4.69) is 14.9 Å². The molecule has 7 nitrogen and oxygen atoms in total. The van der Waals surface area contributed by atoms with Crippen molar-refractivity contribution in [2.24, 2.45) is 0 Å². The average Bonchev–Trinajstić information content (AvgIpc) is 2.81. The van der Waals surface area contributed by atoms with Crippen molar-refractivity contribution in [3.8, 4) is 0 Å². The number of aromatic amines is 1. The van der Waals surface area contributed by atoms with Crippen molar-refractivity contribution in [1.29, 1.82) is 0 Å². The van der Waals surface area contributed by atoms with Crippen molar-refractivity contribution < 1.29 is 18.3 Å². The summed E-state index contributed by atoms with van der Waals surface area (Å²) in [5.74, 6) is -1.19. The van der Waals surface area contributed by atoms with Crippen LogP contribution >= 0.6 is 0 Å². The third kappa shape index (κ3) is 2.58. The second-order valence-electron chi connectivity index (χ2n) is 3.84. The Morgan fingerprint density at radius 2 is 2.16 bits per heavy atom. The van der Waals surface area contributed by atoms with Gasteiger partial charge in [0.05, 0.1) is 17.4 Å². The van der Waals surface area contributed by atoms with Gasteiger partial charge in [-0.3, -0.25) is 9.82 Å². The van der Waals surface area contributed by atoms with Crippen LogP contribution in [0.15, 0.2) is 35.5 Å². The molecule has 0 amide bonds. The zero-order chi connectivity index (χ0) is 14.0. The number of carboxylic acids is 1. The molecule has 0 unspecified atom stereocenters. The minimum Gasteiger partial charge on any atom is -0.478 e. The number of benzene rings is 1. The summed E-state index contributed by atoms with van der Waals surface area (Å²) in [5, 5.41) is 15.1. The molecule has 0 spiro atoms. The van der Waals surface area contributed by atoms with Crippen LogP contribution in [0.3, 0.4) is 0 Å². The molecule has 0 bridgehead atoms. The van der Waals surface area contributed by atoms with Crippen LogP contribution in [-0.2, 0) is 10.0 Å². The zero-order valence-electron chi connectivity index (χ0n) is 9.91. The lowest BCUT2D eigenvalue weighted by Gasteiger charge is -2.11. The van der Waals surface area contributed by atoms with Crippen molar-refractivity contribution >= 4 is 21.7 Å². The fourth-order valence-corrected chi connectivity index (χ4v) is 2.60. The predicted molar refractivity (Wildman–Crippen MR) is 67.5 cm³/mol. The number of aryl methyl sites for hydroxylation is 1. The second-order valence-corrected chi connectivity index (χ2v) is 5.52. The number of nitrogens with zero attached hydrogens (tertiary/aromatic N) is 1. The molecule has 0 saturated carbocycles. The highest BCUT2D eigenvalue weighted by atomic mass is 32.2. The molecule has 3 N–H and O–H groups in total. The molecule has 0 aliphatic carbocycles. The number of hydrogen-bond donors (Lipinski definition) is 3. The Morgan fingerprint density at radius 1 is 1.42 bits per heavy atom. The number of hydrogen-bond acceptors (Lipinski definition) is 4. The number of carbonyl (C=O) groups is 1. The minimum atomic E-state index is -3.85. The van der Waals surface area contributed by atoms with Crippen LogP contribution in [0.2, 0.25) is 0 Å². The Morgan fingerprint density at radius 3 is 2.74 bits per heavy atom. The normalized spacial score (nSPS) is 11.2.